The Labute approximate surface area is 123 Å². The number of halogens is 2. The van der Waals surface area contributed by atoms with Gasteiger partial charge in [0.1, 0.15) is 0 Å². The minimum Gasteiger partial charge on any atom is -0.481 e. The fourth-order valence-corrected chi connectivity index (χ4v) is 2.91. The zero-order valence-corrected chi connectivity index (χ0v) is 12.1. The van der Waals surface area contributed by atoms with E-state index in [1.54, 1.807) is 6.07 Å². The number of hydrogen-bond donors (Lipinski definition) is 1. The molecule has 5 heteroatoms. The van der Waals surface area contributed by atoms with Crippen molar-refractivity contribution in [1.82, 2.24) is 4.90 Å². The first-order valence-corrected chi connectivity index (χ1v) is 7.19. The van der Waals surface area contributed by atoms with Crippen LogP contribution in [0.4, 0.5) is 0 Å². The van der Waals surface area contributed by atoms with Gasteiger partial charge in [0.2, 0.25) is 0 Å². The Bertz CT molecular complexity index is 465. The summed E-state index contributed by atoms with van der Waals surface area (Å²) in [6.45, 7) is 2.71. The van der Waals surface area contributed by atoms with Gasteiger partial charge in [-0.2, -0.15) is 0 Å². The summed E-state index contributed by atoms with van der Waals surface area (Å²) >= 11 is 12.2. The Kier molecular flexibility index (Phi) is 5.08. The molecule has 1 saturated heterocycles. The molecule has 1 unspecified atom stereocenters. The molecule has 0 amide bonds. The second kappa shape index (κ2) is 6.60. The Balaban J connectivity index is 1.88. The molecule has 1 aromatic rings. The van der Waals surface area contributed by atoms with Crippen molar-refractivity contribution in [1.29, 1.82) is 0 Å². The van der Waals surface area contributed by atoms with E-state index in [-0.39, 0.29) is 6.42 Å². The van der Waals surface area contributed by atoms with Gasteiger partial charge in [-0.3, -0.25) is 9.69 Å². The summed E-state index contributed by atoms with van der Waals surface area (Å²) in [4.78, 5) is 12.9. The summed E-state index contributed by atoms with van der Waals surface area (Å²) in [5.41, 5.74) is 1.04. The van der Waals surface area contributed by atoms with Crippen molar-refractivity contribution < 1.29 is 9.90 Å². The first kappa shape index (κ1) is 14.6. The number of rotatable bonds is 5. The highest BCUT2D eigenvalue weighted by Crippen LogP contribution is 2.29. The third-order valence-electron chi connectivity index (χ3n) is 3.56. The average Bonchev–Trinajstić information content (AvgIpc) is 2.80. The summed E-state index contributed by atoms with van der Waals surface area (Å²) in [6, 6.07) is 5.67. The van der Waals surface area contributed by atoms with E-state index >= 15 is 0 Å². The lowest BCUT2D eigenvalue weighted by Gasteiger charge is -2.17. The van der Waals surface area contributed by atoms with Gasteiger partial charge < -0.3 is 5.11 Å². The van der Waals surface area contributed by atoms with Crippen LogP contribution in [0.1, 0.15) is 24.8 Å². The maximum Gasteiger partial charge on any atom is 0.303 e. The third-order valence-corrected chi connectivity index (χ3v) is 4.42. The predicted octanol–water partition coefficient (Wildman–Crippen LogP) is 3.68. The predicted molar refractivity (Wildman–Crippen MR) is 76.7 cm³/mol. The summed E-state index contributed by atoms with van der Waals surface area (Å²) < 4.78 is 0. The molecule has 19 heavy (non-hydrogen) atoms. The lowest BCUT2D eigenvalue weighted by atomic mass is 10.0. The number of hydrogen-bond acceptors (Lipinski definition) is 2. The van der Waals surface area contributed by atoms with Crippen LogP contribution in [0.2, 0.25) is 10.0 Å². The number of aliphatic carboxylic acids is 1. The monoisotopic (exact) mass is 301 g/mol. The molecule has 2 rings (SSSR count). The quantitative estimate of drug-likeness (QED) is 0.902. The van der Waals surface area contributed by atoms with E-state index in [0.29, 0.717) is 16.0 Å². The molecule has 1 fully saturated rings. The number of benzene rings is 1. The summed E-state index contributed by atoms with van der Waals surface area (Å²) in [7, 11) is 0. The Morgan fingerprint density at radius 2 is 2.21 bits per heavy atom. The first-order chi connectivity index (χ1) is 9.06. The highest BCUT2D eigenvalue weighted by Gasteiger charge is 2.23. The Morgan fingerprint density at radius 1 is 1.42 bits per heavy atom. The maximum absolute atomic E-state index is 10.6. The standard InChI is InChI=1S/C14H17Cl2NO2/c15-12-3-1-2-11(14(12)16)9-17-7-6-10(8-17)4-5-13(18)19/h1-3,10H,4-9H2,(H,18,19). The van der Waals surface area contributed by atoms with Crippen LogP contribution in [0.5, 0.6) is 0 Å². The van der Waals surface area contributed by atoms with Crippen molar-refractivity contribution in [3.8, 4) is 0 Å². The molecule has 0 bridgehead atoms. The van der Waals surface area contributed by atoms with Crippen molar-refractivity contribution in [2.24, 2.45) is 5.92 Å². The zero-order chi connectivity index (χ0) is 13.8. The van der Waals surface area contributed by atoms with Gasteiger partial charge in [0, 0.05) is 19.5 Å². The van der Waals surface area contributed by atoms with Gasteiger partial charge in [0.15, 0.2) is 0 Å². The molecule has 0 saturated carbocycles. The van der Waals surface area contributed by atoms with Crippen molar-refractivity contribution in [3.63, 3.8) is 0 Å². The molecular weight excluding hydrogens is 285 g/mol. The van der Waals surface area contributed by atoms with E-state index < -0.39 is 5.97 Å². The van der Waals surface area contributed by atoms with Crippen LogP contribution < -0.4 is 0 Å². The van der Waals surface area contributed by atoms with Crippen LogP contribution in [-0.4, -0.2) is 29.1 Å². The molecule has 1 aromatic carbocycles. The van der Waals surface area contributed by atoms with E-state index in [9.17, 15) is 4.79 Å². The summed E-state index contributed by atoms with van der Waals surface area (Å²) in [5.74, 6) is -0.231. The normalized spacial score (nSPS) is 19.8. The summed E-state index contributed by atoms with van der Waals surface area (Å²) in [6.07, 6.45) is 2.08. The fourth-order valence-electron chi connectivity index (χ4n) is 2.53. The second-order valence-corrected chi connectivity index (χ2v) is 5.82. The minimum absolute atomic E-state index is 0.260. The first-order valence-electron chi connectivity index (χ1n) is 6.43. The van der Waals surface area contributed by atoms with Crippen molar-refractivity contribution >= 4 is 29.2 Å². The van der Waals surface area contributed by atoms with Crippen LogP contribution in [0.3, 0.4) is 0 Å². The van der Waals surface area contributed by atoms with Gasteiger partial charge in [-0.15, -0.1) is 0 Å². The number of carboxylic acids is 1. The highest BCUT2D eigenvalue weighted by atomic mass is 35.5. The van der Waals surface area contributed by atoms with Gasteiger partial charge >= 0.3 is 5.97 Å². The molecule has 0 aromatic heterocycles. The molecule has 104 valence electrons. The van der Waals surface area contributed by atoms with E-state index in [1.807, 2.05) is 12.1 Å². The molecule has 0 aliphatic carbocycles. The number of likely N-dealkylation sites (tertiary alicyclic amines) is 1. The van der Waals surface area contributed by atoms with Crippen LogP contribution in [0, 0.1) is 5.92 Å². The maximum atomic E-state index is 10.6. The lowest BCUT2D eigenvalue weighted by Crippen LogP contribution is -2.20. The molecular formula is C14H17Cl2NO2. The van der Waals surface area contributed by atoms with Gasteiger partial charge in [-0.1, -0.05) is 35.3 Å². The van der Waals surface area contributed by atoms with E-state index in [4.69, 9.17) is 28.3 Å². The molecule has 1 aliphatic heterocycles. The highest BCUT2D eigenvalue weighted by molar-refractivity contribution is 6.42. The number of nitrogens with zero attached hydrogens (tertiary/aromatic N) is 1. The second-order valence-electron chi connectivity index (χ2n) is 5.04. The zero-order valence-electron chi connectivity index (χ0n) is 10.6. The fraction of sp³-hybridized carbons (Fsp3) is 0.500. The molecule has 1 aliphatic rings. The van der Waals surface area contributed by atoms with Gasteiger partial charge in [-0.05, 0) is 36.9 Å². The van der Waals surface area contributed by atoms with Crippen LogP contribution in [-0.2, 0) is 11.3 Å². The van der Waals surface area contributed by atoms with Crippen LogP contribution in [0.25, 0.3) is 0 Å². The molecule has 1 heterocycles. The van der Waals surface area contributed by atoms with Gasteiger partial charge in [0.05, 0.1) is 10.0 Å². The molecule has 0 spiro atoms. The summed E-state index contributed by atoms with van der Waals surface area (Å²) in [5, 5.41) is 9.90. The smallest absolute Gasteiger partial charge is 0.303 e. The SMILES string of the molecule is O=C(O)CCC1CCN(Cc2cccc(Cl)c2Cl)C1. The van der Waals surface area contributed by atoms with Crippen LogP contribution >= 0.6 is 23.2 Å². The van der Waals surface area contributed by atoms with E-state index in [2.05, 4.69) is 4.90 Å². The van der Waals surface area contributed by atoms with Gasteiger partial charge in [0.25, 0.3) is 0 Å². The Morgan fingerprint density at radius 3 is 2.95 bits per heavy atom. The van der Waals surface area contributed by atoms with Crippen molar-refractivity contribution in [2.45, 2.75) is 25.8 Å². The Hall–Kier alpha value is -0.770. The van der Waals surface area contributed by atoms with E-state index in [1.165, 1.54) is 0 Å². The van der Waals surface area contributed by atoms with E-state index in [0.717, 1.165) is 38.0 Å². The number of carboxylic acid groups (broad SMARTS) is 1. The van der Waals surface area contributed by atoms with Crippen LogP contribution in [0.15, 0.2) is 18.2 Å². The lowest BCUT2D eigenvalue weighted by molar-refractivity contribution is -0.137. The molecule has 0 radical (unpaired) electrons. The van der Waals surface area contributed by atoms with Crippen molar-refractivity contribution in [3.05, 3.63) is 33.8 Å². The molecule has 3 nitrogen and oxygen atoms in total. The van der Waals surface area contributed by atoms with Gasteiger partial charge in [-0.25, -0.2) is 0 Å². The van der Waals surface area contributed by atoms with Crippen molar-refractivity contribution in [2.75, 3.05) is 13.1 Å². The minimum atomic E-state index is -0.712. The molecule has 1 atom stereocenters. The largest absolute Gasteiger partial charge is 0.481 e. The topological polar surface area (TPSA) is 40.5 Å². The third kappa shape index (κ3) is 4.10. The molecule has 1 N–H and O–H groups in total. The number of carbonyl (C=O) groups is 1. The average molecular weight is 302 g/mol.